The van der Waals surface area contributed by atoms with Crippen LogP contribution >= 0.6 is 0 Å². The monoisotopic (exact) mass is 899 g/mol. The van der Waals surface area contributed by atoms with Gasteiger partial charge in [-0.1, -0.05) is 152 Å². The van der Waals surface area contributed by atoms with Crippen LogP contribution < -0.4 is 0 Å². The maximum Gasteiger partial charge on any atom is 0.144 e. The molecule has 0 fully saturated rings. The number of rotatable bonds is 5. The standard InChI is InChI=1S/C63H70N4O/c1-59(2,3)41-23-25-53-49(34-41)50-37-45(63(13,14)15)36-48(57(50)67(53)46-32-43(61(7,8)9)31-44(33-46)62(10,11)12)39-27-28-64-52(30-39)40-20-17-19-38(29-40)47-21-18-22-54-56(47)65-58(66(54)16)51-35-42(60(4,5)6)24-26-55(51)68/h17-37,68H,1-16H3. The summed E-state index contributed by atoms with van der Waals surface area (Å²) in [4.78, 5) is 10.3. The lowest BCUT2D eigenvalue weighted by Crippen LogP contribution is -2.17. The van der Waals surface area contributed by atoms with Gasteiger partial charge in [0.05, 0.1) is 33.3 Å². The van der Waals surface area contributed by atoms with Gasteiger partial charge >= 0.3 is 0 Å². The third kappa shape index (κ3) is 8.43. The molecule has 9 rings (SSSR count). The molecule has 0 saturated heterocycles. The minimum Gasteiger partial charge on any atom is -0.507 e. The van der Waals surface area contributed by atoms with Crippen molar-refractivity contribution in [3.63, 3.8) is 0 Å². The van der Waals surface area contributed by atoms with Gasteiger partial charge in [-0.05, 0) is 139 Å². The zero-order chi connectivity index (χ0) is 49.0. The normalized spacial score (nSPS) is 13.1. The lowest BCUT2D eigenvalue weighted by atomic mass is 9.80. The molecule has 0 aliphatic heterocycles. The van der Waals surface area contributed by atoms with Gasteiger partial charge in [-0.15, -0.1) is 0 Å². The van der Waals surface area contributed by atoms with Crippen LogP contribution in [-0.2, 0) is 34.1 Å². The Morgan fingerprint density at radius 3 is 1.63 bits per heavy atom. The van der Waals surface area contributed by atoms with E-state index < -0.39 is 0 Å². The number of pyridine rings is 1. The van der Waals surface area contributed by atoms with Gasteiger partial charge in [0.15, 0.2) is 0 Å². The molecular weight excluding hydrogens is 829 g/mol. The number of aryl methyl sites for hydroxylation is 1. The second-order valence-corrected chi connectivity index (χ2v) is 24.4. The van der Waals surface area contributed by atoms with Gasteiger partial charge in [-0.3, -0.25) is 4.98 Å². The number of hydrogen-bond acceptors (Lipinski definition) is 3. The van der Waals surface area contributed by atoms with Gasteiger partial charge in [-0.25, -0.2) is 4.98 Å². The summed E-state index contributed by atoms with van der Waals surface area (Å²) < 4.78 is 4.64. The number of imidazole rings is 1. The summed E-state index contributed by atoms with van der Waals surface area (Å²) in [5.41, 5.74) is 18.6. The van der Waals surface area contributed by atoms with Gasteiger partial charge in [0, 0.05) is 46.4 Å². The summed E-state index contributed by atoms with van der Waals surface area (Å²) in [7, 11) is 2.03. The molecule has 0 unspecified atom stereocenters. The molecule has 3 aromatic heterocycles. The highest BCUT2D eigenvalue weighted by molar-refractivity contribution is 6.14. The molecule has 0 saturated carbocycles. The molecule has 5 heteroatoms. The topological polar surface area (TPSA) is 55.9 Å². The number of hydrogen-bond donors (Lipinski definition) is 1. The van der Waals surface area contributed by atoms with Crippen LogP contribution in [0.5, 0.6) is 5.75 Å². The predicted octanol–water partition coefficient (Wildman–Crippen LogP) is 16.9. The van der Waals surface area contributed by atoms with E-state index in [0.717, 1.165) is 55.9 Å². The molecule has 0 radical (unpaired) electrons. The van der Waals surface area contributed by atoms with E-state index >= 15 is 0 Å². The fraction of sp³-hybridized carbons (Fsp3) is 0.333. The van der Waals surface area contributed by atoms with Crippen molar-refractivity contribution in [3.8, 4) is 56.3 Å². The van der Waals surface area contributed by atoms with Gasteiger partial charge < -0.3 is 14.2 Å². The van der Waals surface area contributed by atoms with Crippen LogP contribution in [0, 0.1) is 0 Å². The maximum absolute atomic E-state index is 11.1. The molecule has 0 bridgehead atoms. The first-order valence-electron chi connectivity index (χ1n) is 24.3. The van der Waals surface area contributed by atoms with Crippen molar-refractivity contribution >= 4 is 32.8 Å². The summed E-state index contributed by atoms with van der Waals surface area (Å²) in [5, 5.41) is 13.7. The van der Waals surface area contributed by atoms with E-state index in [1.807, 2.05) is 19.3 Å². The Bertz CT molecular complexity index is 3400. The number of para-hydroxylation sites is 1. The van der Waals surface area contributed by atoms with Crippen molar-refractivity contribution in [2.45, 2.75) is 131 Å². The summed E-state index contributed by atoms with van der Waals surface area (Å²) in [6.07, 6.45) is 1.97. The Morgan fingerprint density at radius 1 is 0.441 bits per heavy atom. The van der Waals surface area contributed by atoms with Gasteiger partial charge in [0.1, 0.15) is 11.6 Å². The number of phenols is 1. The molecule has 3 heterocycles. The molecule has 0 amide bonds. The summed E-state index contributed by atoms with van der Waals surface area (Å²) in [6.45, 7) is 34.4. The summed E-state index contributed by atoms with van der Waals surface area (Å²) in [5.74, 6) is 0.955. The van der Waals surface area contributed by atoms with E-state index in [2.05, 4.69) is 222 Å². The van der Waals surface area contributed by atoms with E-state index in [1.54, 1.807) is 6.07 Å². The highest BCUT2D eigenvalue weighted by atomic mass is 16.3. The Kier molecular flexibility index (Phi) is 11.0. The second-order valence-electron chi connectivity index (χ2n) is 24.4. The molecule has 9 aromatic rings. The highest BCUT2D eigenvalue weighted by Gasteiger charge is 2.27. The quantitative estimate of drug-likeness (QED) is 0.187. The smallest absolute Gasteiger partial charge is 0.144 e. The number of benzene rings is 6. The number of aromatic nitrogens is 4. The first-order valence-corrected chi connectivity index (χ1v) is 24.3. The van der Waals surface area contributed by atoms with Crippen molar-refractivity contribution in [2.75, 3.05) is 0 Å². The van der Waals surface area contributed by atoms with Gasteiger partial charge in [-0.2, -0.15) is 0 Å². The van der Waals surface area contributed by atoms with Crippen LogP contribution in [0.4, 0.5) is 0 Å². The Morgan fingerprint density at radius 2 is 0.985 bits per heavy atom. The molecule has 0 spiro atoms. The molecule has 0 aliphatic carbocycles. The van der Waals surface area contributed by atoms with Crippen LogP contribution in [0.15, 0.2) is 128 Å². The second kappa shape index (κ2) is 16.1. The number of nitrogens with zero attached hydrogens (tertiary/aromatic N) is 4. The van der Waals surface area contributed by atoms with Crippen molar-refractivity contribution < 1.29 is 5.11 Å². The van der Waals surface area contributed by atoms with E-state index in [4.69, 9.17) is 9.97 Å². The number of phenolic OH excluding ortho intramolecular Hbond substituents is 1. The third-order valence-electron chi connectivity index (χ3n) is 14.1. The number of fused-ring (bicyclic) bond motifs is 4. The maximum atomic E-state index is 11.1. The Hall–Kier alpha value is -6.46. The first-order chi connectivity index (χ1) is 31.7. The van der Waals surface area contributed by atoms with Crippen molar-refractivity contribution in [1.82, 2.24) is 19.1 Å². The van der Waals surface area contributed by atoms with E-state index in [0.29, 0.717) is 0 Å². The zero-order valence-electron chi connectivity index (χ0n) is 43.4. The highest BCUT2D eigenvalue weighted by Crippen LogP contribution is 2.45. The Balaban J connectivity index is 1.26. The van der Waals surface area contributed by atoms with Crippen LogP contribution in [0.25, 0.3) is 83.4 Å². The lowest BCUT2D eigenvalue weighted by molar-refractivity contribution is 0.475. The SMILES string of the molecule is Cn1c(-c2cc(C(C)(C)C)ccc2O)nc2c(-c3cccc(-c4cc(-c5cc(C(C)(C)C)cc6c7cc(C(C)(C)C)ccc7n(-c7cc(C(C)(C)C)cc(C(C)(C)C)c7)c56)ccn4)c3)cccc21. The minimum absolute atomic E-state index is 0.0153. The summed E-state index contributed by atoms with van der Waals surface area (Å²) in [6, 6.07) is 44.7. The van der Waals surface area contributed by atoms with Gasteiger partial charge in [0.2, 0.25) is 0 Å². The molecular formula is C63H70N4O. The van der Waals surface area contributed by atoms with Crippen LogP contribution in [0.1, 0.15) is 132 Å². The fourth-order valence-electron chi connectivity index (χ4n) is 9.61. The molecule has 6 aromatic carbocycles. The molecule has 1 N–H and O–H groups in total. The van der Waals surface area contributed by atoms with Crippen LogP contribution in [-0.4, -0.2) is 24.2 Å². The van der Waals surface area contributed by atoms with Crippen LogP contribution in [0.2, 0.25) is 0 Å². The number of aromatic hydroxyl groups is 1. The van der Waals surface area contributed by atoms with E-state index in [1.165, 1.54) is 55.3 Å². The minimum atomic E-state index is -0.102. The van der Waals surface area contributed by atoms with Gasteiger partial charge in [0.25, 0.3) is 0 Å². The van der Waals surface area contributed by atoms with Crippen molar-refractivity contribution in [3.05, 3.63) is 155 Å². The fourth-order valence-corrected chi connectivity index (χ4v) is 9.61. The predicted molar refractivity (Wildman–Crippen MR) is 290 cm³/mol. The molecule has 5 nitrogen and oxygen atoms in total. The molecule has 0 atom stereocenters. The zero-order valence-corrected chi connectivity index (χ0v) is 43.4. The molecule has 68 heavy (non-hydrogen) atoms. The van der Waals surface area contributed by atoms with Crippen LogP contribution in [0.3, 0.4) is 0 Å². The van der Waals surface area contributed by atoms with E-state index in [9.17, 15) is 5.11 Å². The molecule has 348 valence electrons. The Labute approximate surface area is 404 Å². The average molecular weight is 899 g/mol. The van der Waals surface area contributed by atoms with Crippen molar-refractivity contribution in [1.29, 1.82) is 0 Å². The largest absolute Gasteiger partial charge is 0.507 e. The molecule has 0 aliphatic rings. The summed E-state index contributed by atoms with van der Waals surface area (Å²) >= 11 is 0. The van der Waals surface area contributed by atoms with Crippen molar-refractivity contribution in [2.24, 2.45) is 7.05 Å². The first kappa shape index (κ1) is 46.6. The van der Waals surface area contributed by atoms with E-state index in [-0.39, 0.29) is 32.8 Å². The average Bonchev–Trinajstić information content (AvgIpc) is 3.78. The lowest BCUT2D eigenvalue weighted by Gasteiger charge is -2.27. The third-order valence-corrected chi connectivity index (χ3v) is 14.1.